The van der Waals surface area contributed by atoms with Crippen molar-refractivity contribution < 1.29 is 14.6 Å². The number of carbonyl (C=O) groups is 1. The third kappa shape index (κ3) is 11.7. The third-order valence-electron chi connectivity index (χ3n) is 6.76. The van der Waals surface area contributed by atoms with E-state index < -0.39 is 27.1 Å². The molecule has 0 aliphatic heterocycles. The van der Waals surface area contributed by atoms with Crippen molar-refractivity contribution in [1.82, 2.24) is 0 Å². The van der Waals surface area contributed by atoms with Gasteiger partial charge < -0.3 is 10.6 Å². The molecule has 0 saturated heterocycles. The van der Waals surface area contributed by atoms with Crippen LogP contribution in [0.4, 0.5) is 22.7 Å². The number of halogens is 2. The van der Waals surface area contributed by atoms with E-state index in [4.69, 9.17) is 23.2 Å². The average Bonchev–Trinajstić information content (AvgIpc) is 2.92. The first kappa shape index (κ1) is 33.3. The van der Waals surface area contributed by atoms with Gasteiger partial charge in [-0.15, -0.1) is 0 Å². The van der Waals surface area contributed by atoms with E-state index in [2.05, 4.69) is 17.6 Å². The number of carbonyl (C=O) groups excluding carboxylic acids is 1. The fraction of sp³-hybridized carbons (Fsp3) is 0.552. The molecule has 0 unspecified atom stereocenters. The van der Waals surface area contributed by atoms with Gasteiger partial charge in [-0.05, 0) is 24.6 Å². The van der Waals surface area contributed by atoms with Crippen LogP contribution in [0.25, 0.3) is 0 Å². The SMILES string of the molecule is CCCCCCCCCCCCCCCCNc1c(C(=O)Nc2cc(Cl)ccc2Cl)cc([N+](=O)[O-])cc1[N+](=O)[O-]. The molecular formula is C29H40Cl2N4O5. The van der Waals surface area contributed by atoms with Crippen LogP contribution in [0, 0.1) is 20.2 Å². The Morgan fingerprint density at radius 2 is 1.32 bits per heavy atom. The molecule has 0 saturated carbocycles. The number of hydrogen-bond donors (Lipinski definition) is 2. The molecule has 9 nitrogen and oxygen atoms in total. The highest BCUT2D eigenvalue weighted by atomic mass is 35.5. The van der Waals surface area contributed by atoms with Gasteiger partial charge in [0.05, 0.1) is 32.2 Å². The van der Waals surface area contributed by atoms with Gasteiger partial charge in [-0.2, -0.15) is 0 Å². The van der Waals surface area contributed by atoms with Crippen molar-refractivity contribution in [2.75, 3.05) is 17.2 Å². The molecule has 0 radical (unpaired) electrons. The highest BCUT2D eigenvalue weighted by Gasteiger charge is 2.27. The molecule has 220 valence electrons. The Morgan fingerprint density at radius 3 is 1.85 bits per heavy atom. The van der Waals surface area contributed by atoms with Crippen molar-refractivity contribution in [2.24, 2.45) is 0 Å². The summed E-state index contributed by atoms with van der Waals surface area (Å²) >= 11 is 12.1. The van der Waals surface area contributed by atoms with Gasteiger partial charge in [0.2, 0.25) is 0 Å². The average molecular weight is 596 g/mol. The van der Waals surface area contributed by atoms with Gasteiger partial charge in [0.25, 0.3) is 17.3 Å². The van der Waals surface area contributed by atoms with Crippen LogP contribution in [0.3, 0.4) is 0 Å². The van der Waals surface area contributed by atoms with Crippen molar-refractivity contribution in [1.29, 1.82) is 0 Å². The molecule has 11 heteroatoms. The zero-order valence-corrected chi connectivity index (χ0v) is 24.7. The summed E-state index contributed by atoms with van der Waals surface area (Å²) in [6.07, 6.45) is 16.9. The normalized spacial score (nSPS) is 10.9. The van der Waals surface area contributed by atoms with Crippen molar-refractivity contribution in [3.63, 3.8) is 0 Å². The number of nitrogens with one attached hydrogen (secondary N) is 2. The summed E-state index contributed by atoms with van der Waals surface area (Å²) in [4.78, 5) is 34.8. The lowest BCUT2D eigenvalue weighted by Crippen LogP contribution is -2.17. The second-order valence-electron chi connectivity index (χ2n) is 10.0. The summed E-state index contributed by atoms with van der Waals surface area (Å²) in [5.74, 6) is -0.778. The van der Waals surface area contributed by atoms with Crippen LogP contribution < -0.4 is 10.6 Å². The van der Waals surface area contributed by atoms with E-state index in [1.807, 2.05) is 0 Å². The Bertz CT molecular complexity index is 1130. The maximum absolute atomic E-state index is 13.1. The highest BCUT2D eigenvalue weighted by Crippen LogP contribution is 2.35. The first-order valence-electron chi connectivity index (χ1n) is 14.2. The molecule has 0 fully saturated rings. The van der Waals surface area contributed by atoms with Gasteiger partial charge in [0.1, 0.15) is 5.69 Å². The molecular weight excluding hydrogens is 555 g/mol. The predicted molar refractivity (Wildman–Crippen MR) is 163 cm³/mol. The number of anilines is 2. The van der Waals surface area contributed by atoms with E-state index in [1.165, 1.54) is 76.3 Å². The number of unbranched alkanes of at least 4 members (excludes halogenated alkanes) is 13. The third-order valence-corrected chi connectivity index (χ3v) is 7.33. The van der Waals surface area contributed by atoms with Crippen LogP contribution in [0.1, 0.15) is 107 Å². The standard InChI is InChI=1S/C29H40Cl2N4O5/c1-2-3-4-5-6-7-8-9-10-11-12-13-14-15-18-32-28-24(20-23(34(37)38)21-27(28)35(39)40)29(36)33-26-19-22(30)16-17-25(26)31/h16-17,19-21,32H,2-15,18H2,1H3,(H,33,36). The van der Waals surface area contributed by atoms with Crippen LogP contribution in [-0.4, -0.2) is 22.3 Å². The predicted octanol–water partition coefficient (Wildman–Crippen LogP) is 9.96. The quantitative estimate of drug-likeness (QED) is 0.0891. The Labute approximate surface area is 246 Å². The molecule has 2 aromatic rings. The van der Waals surface area contributed by atoms with E-state index in [9.17, 15) is 25.0 Å². The highest BCUT2D eigenvalue weighted by molar-refractivity contribution is 6.36. The molecule has 0 atom stereocenters. The second kappa shape index (κ2) is 18.4. The first-order valence-corrected chi connectivity index (χ1v) is 15.0. The van der Waals surface area contributed by atoms with Crippen LogP contribution in [0.5, 0.6) is 0 Å². The lowest BCUT2D eigenvalue weighted by molar-refractivity contribution is -0.393. The van der Waals surface area contributed by atoms with E-state index in [0.29, 0.717) is 11.6 Å². The molecule has 0 aliphatic rings. The van der Waals surface area contributed by atoms with E-state index in [-0.39, 0.29) is 22.0 Å². The number of amides is 1. The number of rotatable bonds is 20. The molecule has 2 rings (SSSR count). The topological polar surface area (TPSA) is 127 Å². The maximum atomic E-state index is 13.1. The zero-order chi connectivity index (χ0) is 29.3. The minimum Gasteiger partial charge on any atom is -0.379 e. The minimum atomic E-state index is -0.778. The van der Waals surface area contributed by atoms with Crippen LogP contribution in [0.2, 0.25) is 10.0 Å². The minimum absolute atomic E-state index is 0.0686. The largest absolute Gasteiger partial charge is 0.379 e. The van der Waals surface area contributed by atoms with E-state index >= 15 is 0 Å². The van der Waals surface area contributed by atoms with Crippen LogP contribution in [-0.2, 0) is 0 Å². The summed E-state index contributed by atoms with van der Waals surface area (Å²) in [5, 5.41) is 29.2. The van der Waals surface area contributed by atoms with E-state index in [0.717, 1.165) is 37.8 Å². The van der Waals surface area contributed by atoms with Gasteiger partial charge in [-0.3, -0.25) is 25.0 Å². The molecule has 0 aliphatic carbocycles. The van der Waals surface area contributed by atoms with Gasteiger partial charge >= 0.3 is 0 Å². The number of nitrogens with zero attached hydrogens (tertiary/aromatic N) is 2. The smallest absolute Gasteiger partial charge is 0.300 e. The van der Waals surface area contributed by atoms with Crippen LogP contribution >= 0.6 is 23.2 Å². The lowest BCUT2D eigenvalue weighted by atomic mass is 10.0. The van der Waals surface area contributed by atoms with Crippen molar-refractivity contribution >= 4 is 51.9 Å². The number of non-ortho nitro benzene ring substituents is 1. The summed E-state index contributed by atoms with van der Waals surface area (Å²) in [5.41, 5.74) is -1.20. The van der Waals surface area contributed by atoms with Crippen molar-refractivity contribution in [3.8, 4) is 0 Å². The molecule has 0 aromatic heterocycles. The molecule has 2 aromatic carbocycles. The molecule has 1 amide bonds. The molecule has 0 bridgehead atoms. The number of nitro benzene ring substituents is 2. The monoisotopic (exact) mass is 594 g/mol. The molecule has 0 heterocycles. The number of hydrogen-bond acceptors (Lipinski definition) is 6. The van der Waals surface area contributed by atoms with Gasteiger partial charge in [0, 0.05) is 17.6 Å². The van der Waals surface area contributed by atoms with Gasteiger partial charge in [-0.1, -0.05) is 114 Å². The number of benzene rings is 2. The lowest BCUT2D eigenvalue weighted by Gasteiger charge is -2.14. The Morgan fingerprint density at radius 1 is 0.775 bits per heavy atom. The van der Waals surface area contributed by atoms with E-state index in [1.54, 1.807) is 6.07 Å². The summed E-state index contributed by atoms with van der Waals surface area (Å²) in [6, 6.07) is 6.34. The molecule has 2 N–H and O–H groups in total. The Kier molecular flexibility index (Phi) is 15.4. The van der Waals surface area contributed by atoms with Crippen LogP contribution in [0.15, 0.2) is 30.3 Å². The summed E-state index contributed by atoms with van der Waals surface area (Å²) in [6.45, 7) is 2.62. The first-order chi connectivity index (χ1) is 19.2. The fourth-order valence-corrected chi connectivity index (χ4v) is 4.88. The Hall–Kier alpha value is -2.91. The second-order valence-corrected chi connectivity index (χ2v) is 10.8. The summed E-state index contributed by atoms with van der Waals surface area (Å²) in [7, 11) is 0. The molecule has 0 spiro atoms. The van der Waals surface area contributed by atoms with Crippen molar-refractivity contribution in [2.45, 2.75) is 96.8 Å². The van der Waals surface area contributed by atoms with Crippen molar-refractivity contribution in [3.05, 3.63) is 66.2 Å². The summed E-state index contributed by atoms with van der Waals surface area (Å²) < 4.78 is 0. The maximum Gasteiger partial charge on any atom is 0.300 e. The van der Waals surface area contributed by atoms with Gasteiger partial charge in [-0.25, -0.2) is 0 Å². The zero-order valence-electron chi connectivity index (χ0n) is 23.2. The Balaban J connectivity index is 1.89. The fourth-order valence-electron chi connectivity index (χ4n) is 4.54. The van der Waals surface area contributed by atoms with Gasteiger partial charge in [0.15, 0.2) is 0 Å². The number of nitro groups is 2. The molecule has 40 heavy (non-hydrogen) atoms.